The number of aromatic nitrogens is 7. The van der Waals surface area contributed by atoms with E-state index in [1.165, 1.54) is 18.3 Å². The van der Waals surface area contributed by atoms with Crippen LogP contribution in [0.3, 0.4) is 0 Å². The summed E-state index contributed by atoms with van der Waals surface area (Å²) in [6.07, 6.45) is 4.97. The third-order valence-electron chi connectivity index (χ3n) is 12.6. The molecule has 6 rings (SSSR count). The summed E-state index contributed by atoms with van der Waals surface area (Å²) in [4.78, 5) is 85.9. The van der Waals surface area contributed by atoms with E-state index in [0.29, 0.717) is 129 Å². The van der Waals surface area contributed by atoms with Gasteiger partial charge in [-0.1, -0.05) is 45.4 Å². The molecule has 0 aliphatic heterocycles. The molecule has 26 heteroatoms. The van der Waals surface area contributed by atoms with Crippen LogP contribution in [0, 0.1) is 5.41 Å². The highest BCUT2D eigenvalue weighted by Gasteiger charge is 2.26. The molecule has 0 radical (unpaired) electrons. The zero-order valence-electron chi connectivity index (χ0n) is 47.1. The lowest BCUT2D eigenvalue weighted by molar-refractivity contribution is -0.139. The van der Waals surface area contributed by atoms with E-state index >= 15 is 0 Å². The van der Waals surface area contributed by atoms with Crippen molar-refractivity contribution in [3.8, 4) is 0 Å². The molecule has 10 N–H and O–H groups in total. The van der Waals surface area contributed by atoms with E-state index < -0.39 is 23.5 Å². The molecule has 0 aliphatic carbocycles. The number of nitrogens with one attached hydrogen (secondary N) is 5. The first kappa shape index (κ1) is 63.7. The van der Waals surface area contributed by atoms with E-state index in [9.17, 15) is 29.1 Å². The maximum atomic E-state index is 12.8. The number of carboxylic acid groups (broad SMARTS) is 1. The summed E-state index contributed by atoms with van der Waals surface area (Å²) >= 11 is 0. The molecular formula is C56H79N13O13. The topological polar surface area (TPSA) is 356 Å². The molecule has 0 aliphatic rings. The van der Waals surface area contributed by atoms with Crippen LogP contribution in [0.5, 0.6) is 0 Å². The standard InChI is InChI=1S/C56H79N13O13/c1-4-5-11-44-66-47-49(41-9-6-7-10-42(41)64-50(47)57)69(44)36-56(2,3)37-82-23-20-60-46(71)18-22-77-25-27-79-29-31-81-33-32-80-30-28-78-26-24-76-21-8-19-59-45(70)17-16-43(54(74)75)65-52(72)38-12-14-39(15-13-38)61-34-40-35-62-51-48(63-40)53(73)68-55(58)67-51/h6-7,9-10,12-15,35,43,61H,4-5,8,11,16-34,36-37H2,1-3H3,(H2,57,64)(H,59,70)(H,60,71)(H,65,72)(H,74,75)(H3,58,62,67,68,73). The fraction of sp³-hybridized carbons (Fsp3) is 0.536. The molecule has 0 spiro atoms. The molecule has 3 amide bonds. The third kappa shape index (κ3) is 21.5. The monoisotopic (exact) mass is 1140 g/mol. The van der Waals surface area contributed by atoms with Crippen LogP contribution in [0.4, 0.5) is 17.5 Å². The molecular weight excluding hydrogens is 1060 g/mol. The van der Waals surface area contributed by atoms with Crippen molar-refractivity contribution >= 4 is 74.2 Å². The highest BCUT2D eigenvalue weighted by atomic mass is 16.6. The van der Waals surface area contributed by atoms with Crippen LogP contribution in [0.2, 0.25) is 0 Å². The minimum Gasteiger partial charge on any atom is -0.480 e. The lowest BCUT2D eigenvalue weighted by Crippen LogP contribution is -2.41. The number of nitrogen functional groups attached to an aromatic ring is 2. The summed E-state index contributed by atoms with van der Waals surface area (Å²) in [6, 6.07) is 13.1. The first-order valence-corrected chi connectivity index (χ1v) is 27.7. The molecule has 1 atom stereocenters. The van der Waals surface area contributed by atoms with Gasteiger partial charge in [0.15, 0.2) is 17.0 Å². The minimum atomic E-state index is -1.28. The van der Waals surface area contributed by atoms with Crippen molar-refractivity contribution in [1.82, 2.24) is 50.4 Å². The number of ether oxygens (including phenoxy) is 7. The number of aliphatic carboxylic acids is 1. The van der Waals surface area contributed by atoms with Gasteiger partial charge in [-0.2, -0.15) is 4.98 Å². The van der Waals surface area contributed by atoms with Gasteiger partial charge in [-0.05, 0) is 49.6 Å². The molecule has 4 aromatic heterocycles. The molecule has 4 heterocycles. The van der Waals surface area contributed by atoms with Crippen molar-refractivity contribution in [2.45, 2.75) is 84.8 Å². The summed E-state index contributed by atoms with van der Waals surface area (Å²) in [6.45, 7) is 13.6. The van der Waals surface area contributed by atoms with Crippen molar-refractivity contribution in [1.29, 1.82) is 0 Å². The summed E-state index contributed by atoms with van der Waals surface area (Å²) in [7, 11) is 0. The van der Waals surface area contributed by atoms with Gasteiger partial charge >= 0.3 is 5.97 Å². The number of carboxylic acids is 1. The Balaban J connectivity index is 0.675. The Kier molecular flexibility index (Phi) is 26.5. The predicted molar refractivity (Wildman–Crippen MR) is 307 cm³/mol. The number of H-pyrrole nitrogens is 1. The number of carbonyl (C=O) groups excluding carboxylic acids is 3. The third-order valence-corrected chi connectivity index (χ3v) is 12.6. The van der Waals surface area contributed by atoms with Crippen LogP contribution in [-0.2, 0) is 67.1 Å². The molecule has 0 bridgehead atoms. The van der Waals surface area contributed by atoms with Crippen LogP contribution in [0.15, 0.2) is 59.5 Å². The number of hydrogen-bond donors (Lipinski definition) is 8. The summed E-state index contributed by atoms with van der Waals surface area (Å²) in [5.74, 6) is -0.944. The van der Waals surface area contributed by atoms with Crippen molar-refractivity contribution < 1.29 is 57.4 Å². The van der Waals surface area contributed by atoms with Gasteiger partial charge in [-0.15, -0.1) is 0 Å². The molecule has 82 heavy (non-hydrogen) atoms. The van der Waals surface area contributed by atoms with E-state index in [0.717, 1.165) is 47.0 Å². The molecule has 2 aromatic carbocycles. The van der Waals surface area contributed by atoms with Gasteiger partial charge in [0.25, 0.3) is 11.5 Å². The van der Waals surface area contributed by atoms with Crippen LogP contribution in [-0.4, -0.2) is 175 Å². The number of aryl methyl sites for hydroxylation is 1. The zero-order valence-corrected chi connectivity index (χ0v) is 47.1. The van der Waals surface area contributed by atoms with Gasteiger partial charge in [-0.25, -0.2) is 24.7 Å². The molecule has 26 nitrogen and oxygen atoms in total. The van der Waals surface area contributed by atoms with Gasteiger partial charge in [-0.3, -0.25) is 24.2 Å². The Labute approximate surface area is 475 Å². The number of benzene rings is 2. The maximum absolute atomic E-state index is 12.8. The average molecular weight is 1140 g/mol. The Bertz CT molecular complexity index is 3030. The molecule has 0 fully saturated rings. The van der Waals surface area contributed by atoms with Gasteiger partial charge < -0.3 is 75.6 Å². The number of nitrogens with zero attached hydrogens (tertiary/aromatic N) is 6. The van der Waals surface area contributed by atoms with E-state index in [4.69, 9.17) is 49.6 Å². The average Bonchev–Trinajstić information content (AvgIpc) is 4.04. The molecule has 6 aromatic rings. The number of unbranched alkanes of at least 4 members (excludes halogenated alkanes) is 1. The van der Waals surface area contributed by atoms with Crippen molar-refractivity contribution in [2.75, 3.05) is 122 Å². The second kappa shape index (κ2) is 34.1. The second-order valence-corrected chi connectivity index (χ2v) is 19.9. The number of anilines is 3. The van der Waals surface area contributed by atoms with E-state index in [2.05, 4.69) is 77.6 Å². The maximum Gasteiger partial charge on any atom is 0.326 e. The Morgan fingerprint density at radius 3 is 2.02 bits per heavy atom. The SMILES string of the molecule is CCCCc1nc2c(N)nc3ccccc3c2n1CC(C)(C)COCCNC(=O)CCOCCOCCOCCOCCOCCOCCCNC(=O)CCC(NC(=O)c1ccc(NCc2cnc3nc(N)[nH]c(=O)c3n2)cc1)C(=O)O. The Morgan fingerprint density at radius 1 is 0.720 bits per heavy atom. The van der Waals surface area contributed by atoms with Gasteiger partial charge in [0.05, 0.1) is 115 Å². The number of carbonyl (C=O) groups is 4. The number of pyridine rings is 1. The molecule has 1 unspecified atom stereocenters. The van der Waals surface area contributed by atoms with Crippen LogP contribution >= 0.6 is 0 Å². The summed E-state index contributed by atoms with van der Waals surface area (Å²) in [5, 5.41) is 21.9. The van der Waals surface area contributed by atoms with E-state index in [-0.39, 0.29) is 72.3 Å². The van der Waals surface area contributed by atoms with Gasteiger partial charge in [0.1, 0.15) is 17.4 Å². The lowest BCUT2D eigenvalue weighted by atomic mass is 9.94. The van der Waals surface area contributed by atoms with E-state index in [1.807, 2.05) is 18.2 Å². The number of rotatable bonds is 41. The smallest absolute Gasteiger partial charge is 0.326 e. The molecule has 0 saturated carbocycles. The lowest BCUT2D eigenvalue weighted by Gasteiger charge is -2.27. The summed E-state index contributed by atoms with van der Waals surface area (Å²) < 4.78 is 41.6. The first-order valence-electron chi connectivity index (χ1n) is 27.7. The molecule has 0 saturated heterocycles. The number of imidazole rings is 1. The van der Waals surface area contributed by atoms with Crippen LogP contribution < -0.4 is 38.3 Å². The number of fused-ring (bicyclic) bond motifs is 4. The largest absolute Gasteiger partial charge is 0.480 e. The summed E-state index contributed by atoms with van der Waals surface area (Å²) in [5.41, 5.74) is 15.3. The van der Waals surface area contributed by atoms with Crippen LogP contribution in [0.25, 0.3) is 33.1 Å². The first-order chi connectivity index (χ1) is 39.7. The number of amides is 3. The van der Waals surface area contributed by atoms with Crippen molar-refractivity contribution in [2.24, 2.45) is 5.41 Å². The van der Waals surface area contributed by atoms with E-state index in [1.54, 1.807) is 12.1 Å². The normalized spacial score (nSPS) is 12.0. The second-order valence-electron chi connectivity index (χ2n) is 19.9. The van der Waals surface area contributed by atoms with Crippen molar-refractivity contribution in [3.63, 3.8) is 0 Å². The van der Waals surface area contributed by atoms with Gasteiger partial charge in [0.2, 0.25) is 17.8 Å². The van der Waals surface area contributed by atoms with Crippen LogP contribution in [0.1, 0.15) is 81.2 Å². The van der Waals surface area contributed by atoms with Crippen molar-refractivity contribution in [3.05, 3.63) is 82.2 Å². The number of hydrogen-bond acceptors (Lipinski definition) is 20. The minimum absolute atomic E-state index is 0.0510. The number of para-hydroxylation sites is 1. The van der Waals surface area contributed by atoms with Gasteiger partial charge in [0, 0.05) is 67.6 Å². The highest BCUT2D eigenvalue weighted by molar-refractivity contribution is 6.06. The zero-order chi connectivity index (χ0) is 58.5. The number of aromatic amines is 1. The number of nitrogens with two attached hydrogens (primary N) is 2. The Morgan fingerprint density at radius 2 is 1.35 bits per heavy atom. The fourth-order valence-corrected chi connectivity index (χ4v) is 8.39. The predicted octanol–water partition coefficient (Wildman–Crippen LogP) is 3.55. The fourth-order valence-electron chi connectivity index (χ4n) is 8.39. The highest BCUT2D eigenvalue weighted by Crippen LogP contribution is 2.32. The quantitative estimate of drug-likeness (QED) is 0.0254. The molecule has 446 valence electrons. The Hall–Kier alpha value is -7.46.